The van der Waals surface area contributed by atoms with Crippen molar-refractivity contribution in [2.45, 2.75) is 13.8 Å². The third-order valence-electron chi connectivity index (χ3n) is 2.65. The number of benzene rings is 1. The molecule has 0 radical (unpaired) electrons. The normalized spacial score (nSPS) is 10.3. The maximum atomic E-state index is 13.2. The fraction of sp³-hybridized carbons (Fsp3) is 0.214. The number of aryl methyl sites for hydroxylation is 1. The number of nitrogens with zero attached hydrogens (tertiary/aromatic N) is 1. The van der Waals surface area contributed by atoms with Gasteiger partial charge in [-0.05, 0) is 26.0 Å². The number of carbonyl (C=O) groups is 2. The Morgan fingerprint density at radius 3 is 2.80 bits per heavy atom. The molecule has 0 N–H and O–H groups in total. The summed E-state index contributed by atoms with van der Waals surface area (Å²) in [5.41, 5.74) is -0.0884. The maximum absolute atomic E-state index is 13.2. The molecule has 104 valence electrons. The van der Waals surface area contributed by atoms with Crippen molar-refractivity contribution in [3.8, 4) is 0 Å². The van der Waals surface area contributed by atoms with Crippen LogP contribution in [-0.2, 0) is 4.74 Å². The van der Waals surface area contributed by atoms with E-state index in [1.165, 1.54) is 25.1 Å². The van der Waals surface area contributed by atoms with Gasteiger partial charge in [-0.1, -0.05) is 17.3 Å². The van der Waals surface area contributed by atoms with Crippen molar-refractivity contribution in [1.29, 1.82) is 0 Å². The van der Waals surface area contributed by atoms with E-state index in [1.807, 2.05) is 0 Å². The molecule has 6 heteroatoms. The second-order valence-corrected chi connectivity index (χ2v) is 4.02. The molecule has 0 amide bonds. The highest BCUT2D eigenvalue weighted by Gasteiger charge is 2.27. The molecular weight excluding hydrogens is 265 g/mol. The molecule has 0 atom stereocenters. The van der Waals surface area contributed by atoms with Crippen molar-refractivity contribution in [3.05, 3.63) is 52.7 Å². The Bertz CT molecular complexity index is 663. The van der Waals surface area contributed by atoms with Gasteiger partial charge in [0.15, 0.2) is 5.78 Å². The van der Waals surface area contributed by atoms with E-state index >= 15 is 0 Å². The Morgan fingerprint density at radius 1 is 1.40 bits per heavy atom. The average Bonchev–Trinajstić information content (AvgIpc) is 2.80. The van der Waals surface area contributed by atoms with E-state index in [0.29, 0.717) is 0 Å². The molecule has 2 rings (SSSR count). The summed E-state index contributed by atoms with van der Waals surface area (Å²) in [5, 5.41) is 3.54. The summed E-state index contributed by atoms with van der Waals surface area (Å²) < 4.78 is 22.8. The van der Waals surface area contributed by atoms with E-state index in [2.05, 4.69) is 5.16 Å². The molecule has 5 nitrogen and oxygen atoms in total. The van der Waals surface area contributed by atoms with Crippen molar-refractivity contribution in [2.75, 3.05) is 6.61 Å². The van der Waals surface area contributed by atoms with Gasteiger partial charge >= 0.3 is 5.97 Å². The van der Waals surface area contributed by atoms with Gasteiger partial charge in [0.25, 0.3) is 0 Å². The largest absolute Gasteiger partial charge is 0.461 e. The van der Waals surface area contributed by atoms with Gasteiger partial charge in [-0.15, -0.1) is 0 Å². The van der Waals surface area contributed by atoms with Crippen LogP contribution in [0.25, 0.3) is 0 Å². The molecule has 0 fully saturated rings. The number of ketones is 1. The first kappa shape index (κ1) is 13.9. The molecule has 20 heavy (non-hydrogen) atoms. The Hall–Kier alpha value is -2.50. The molecule has 0 spiro atoms. The number of halogens is 1. The molecule has 1 aromatic heterocycles. The van der Waals surface area contributed by atoms with Crippen molar-refractivity contribution < 1.29 is 23.2 Å². The smallest absolute Gasteiger partial charge is 0.361 e. The minimum atomic E-state index is -0.746. The summed E-state index contributed by atoms with van der Waals surface area (Å²) in [6, 6.07) is 5.18. The summed E-state index contributed by atoms with van der Waals surface area (Å²) in [6.07, 6.45) is 0. The van der Waals surface area contributed by atoms with Gasteiger partial charge in [0, 0.05) is 5.56 Å². The zero-order valence-corrected chi connectivity index (χ0v) is 11.0. The molecule has 0 saturated carbocycles. The van der Waals surface area contributed by atoms with Crippen LogP contribution in [0.2, 0.25) is 0 Å². The number of hydrogen-bond acceptors (Lipinski definition) is 5. The predicted octanol–water partition coefficient (Wildman–Crippen LogP) is 2.53. The highest BCUT2D eigenvalue weighted by molar-refractivity contribution is 6.14. The number of aromatic nitrogens is 1. The summed E-state index contributed by atoms with van der Waals surface area (Å²) >= 11 is 0. The van der Waals surface area contributed by atoms with E-state index in [4.69, 9.17) is 9.26 Å². The van der Waals surface area contributed by atoms with Crippen LogP contribution in [0.3, 0.4) is 0 Å². The first-order valence-electron chi connectivity index (χ1n) is 5.98. The number of rotatable bonds is 4. The average molecular weight is 277 g/mol. The van der Waals surface area contributed by atoms with Crippen LogP contribution in [0.5, 0.6) is 0 Å². The first-order valence-corrected chi connectivity index (χ1v) is 5.98. The minimum Gasteiger partial charge on any atom is -0.461 e. The molecule has 0 bridgehead atoms. The monoisotopic (exact) mass is 277 g/mol. The number of ether oxygens (including phenoxy) is 1. The van der Waals surface area contributed by atoms with E-state index in [1.54, 1.807) is 6.92 Å². The lowest BCUT2D eigenvalue weighted by Crippen LogP contribution is -2.12. The molecule has 1 heterocycles. The molecule has 2 aromatic rings. The quantitative estimate of drug-likeness (QED) is 0.634. The van der Waals surface area contributed by atoms with Crippen LogP contribution < -0.4 is 0 Å². The second-order valence-electron chi connectivity index (χ2n) is 4.02. The van der Waals surface area contributed by atoms with Crippen LogP contribution in [0.15, 0.2) is 28.8 Å². The van der Waals surface area contributed by atoms with Crippen molar-refractivity contribution in [2.24, 2.45) is 0 Å². The third kappa shape index (κ3) is 2.59. The van der Waals surface area contributed by atoms with Crippen molar-refractivity contribution in [3.63, 3.8) is 0 Å². The van der Waals surface area contributed by atoms with Crippen LogP contribution in [0.4, 0.5) is 4.39 Å². The molecule has 0 aliphatic rings. The van der Waals surface area contributed by atoms with Crippen LogP contribution in [-0.4, -0.2) is 23.5 Å². The fourth-order valence-corrected chi connectivity index (χ4v) is 1.75. The van der Waals surface area contributed by atoms with Gasteiger partial charge in [0.05, 0.1) is 12.2 Å². The van der Waals surface area contributed by atoms with Gasteiger partial charge in [0.1, 0.15) is 11.6 Å². The number of esters is 1. The summed E-state index contributed by atoms with van der Waals surface area (Å²) in [5.74, 6) is -1.64. The Morgan fingerprint density at radius 2 is 2.15 bits per heavy atom. The lowest BCUT2D eigenvalue weighted by atomic mass is 10.0. The van der Waals surface area contributed by atoms with E-state index in [9.17, 15) is 14.0 Å². The predicted molar refractivity (Wildman–Crippen MR) is 67.0 cm³/mol. The number of carbonyl (C=O) groups excluding carboxylic acids is 2. The molecule has 0 unspecified atom stereocenters. The lowest BCUT2D eigenvalue weighted by molar-refractivity contribution is 0.0512. The zero-order chi connectivity index (χ0) is 14.7. The van der Waals surface area contributed by atoms with Gasteiger partial charge in [-0.3, -0.25) is 4.79 Å². The second kappa shape index (κ2) is 5.64. The van der Waals surface area contributed by atoms with Crippen molar-refractivity contribution in [1.82, 2.24) is 5.16 Å². The molecule has 0 saturated heterocycles. The maximum Gasteiger partial charge on any atom is 0.361 e. The van der Waals surface area contributed by atoms with Gasteiger partial charge < -0.3 is 9.26 Å². The van der Waals surface area contributed by atoms with E-state index in [0.717, 1.165) is 6.07 Å². The highest BCUT2D eigenvalue weighted by Crippen LogP contribution is 2.19. The molecule has 0 aliphatic carbocycles. The lowest BCUT2D eigenvalue weighted by Gasteiger charge is -2.02. The first-order chi connectivity index (χ1) is 9.54. The molecule has 1 aromatic carbocycles. The summed E-state index contributed by atoms with van der Waals surface area (Å²) in [4.78, 5) is 24.0. The highest BCUT2D eigenvalue weighted by atomic mass is 19.1. The van der Waals surface area contributed by atoms with E-state index < -0.39 is 17.6 Å². The molecular formula is C14H12FNO4. The van der Waals surface area contributed by atoms with Crippen LogP contribution >= 0.6 is 0 Å². The Balaban J connectivity index is 2.44. The SMILES string of the molecule is CCOC(=O)c1noc(C)c1C(=O)c1cccc(F)c1. The number of hydrogen-bond donors (Lipinski definition) is 0. The van der Waals surface area contributed by atoms with Crippen LogP contribution in [0, 0.1) is 12.7 Å². The molecule has 0 aliphatic heterocycles. The Kier molecular flexibility index (Phi) is 3.93. The zero-order valence-electron chi connectivity index (χ0n) is 11.0. The summed E-state index contributed by atoms with van der Waals surface area (Å²) in [7, 11) is 0. The van der Waals surface area contributed by atoms with Crippen LogP contribution in [0.1, 0.15) is 39.1 Å². The fourth-order valence-electron chi connectivity index (χ4n) is 1.75. The van der Waals surface area contributed by atoms with Gasteiger partial charge in [-0.25, -0.2) is 9.18 Å². The standard InChI is InChI=1S/C14H12FNO4/c1-3-19-14(18)12-11(8(2)20-16-12)13(17)9-5-4-6-10(15)7-9/h4-7H,3H2,1-2H3. The van der Waals surface area contributed by atoms with Crippen molar-refractivity contribution >= 4 is 11.8 Å². The minimum absolute atomic E-state index is 0.00551. The van der Waals surface area contributed by atoms with Gasteiger partial charge in [0.2, 0.25) is 5.69 Å². The Labute approximate surface area is 114 Å². The van der Waals surface area contributed by atoms with E-state index in [-0.39, 0.29) is 29.2 Å². The third-order valence-corrected chi connectivity index (χ3v) is 2.65. The van der Waals surface area contributed by atoms with Gasteiger partial charge in [-0.2, -0.15) is 0 Å². The topological polar surface area (TPSA) is 69.4 Å². The summed E-state index contributed by atoms with van der Waals surface area (Å²) in [6.45, 7) is 3.29.